The van der Waals surface area contributed by atoms with Crippen molar-refractivity contribution in [1.82, 2.24) is 5.43 Å². The lowest BCUT2D eigenvalue weighted by Gasteiger charge is -2.06. The molecule has 26 heavy (non-hydrogen) atoms. The van der Waals surface area contributed by atoms with Gasteiger partial charge < -0.3 is 4.74 Å². The van der Waals surface area contributed by atoms with Crippen LogP contribution in [0, 0.1) is 5.82 Å². The molecule has 3 aromatic rings. The van der Waals surface area contributed by atoms with Gasteiger partial charge in [-0.1, -0.05) is 54.6 Å². The van der Waals surface area contributed by atoms with Gasteiger partial charge in [0.2, 0.25) is 0 Å². The smallest absolute Gasteiger partial charge is 0.277 e. The fourth-order valence-corrected chi connectivity index (χ4v) is 2.32. The van der Waals surface area contributed by atoms with Gasteiger partial charge in [-0.25, -0.2) is 9.82 Å². The van der Waals surface area contributed by atoms with Crippen molar-refractivity contribution in [3.63, 3.8) is 0 Å². The fraction of sp³-hybridized carbons (Fsp3) is 0.0476. The van der Waals surface area contributed by atoms with Crippen LogP contribution >= 0.6 is 0 Å². The highest BCUT2D eigenvalue weighted by molar-refractivity contribution is 5.82. The molecule has 0 aliphatic rings. The lowest BCUT2D eigenvalue weighted by Crippen LogP contribution is -2.24. The molecule has 1 N–H and O–H groups in total. The Morgan fingerprint density at radius 3 is 2.42 bits per heavy atom. The van der Waals surface area contributed by atoms with Crippen LogP contribution in [-0.4, -0.2) is 18.7 Å². The molecule has 0 heterocycles. The van der Waals surface area contributed by atoms with E-state index in [1.807, 2.05) is 54.6 Å². The predicted molar refractivity (Wildman–Crippen MR) is 99.5 cm³/mol. The number of hydrogen-bond donors (Lipinski definition) is 1. The van der Waals surface area contributed by atoms with Crippen LogP contribution in [0.25, 0.3) is 11.1 Å². The van der Waals surface area contributed by atoms with Crippen LogP contribution in [0.2, 0.25) is 0 Å². The number of rotatable bonds is 6. The second-order valence-electron chi connectivity index (χ2n) is 5.53. The highest BCUT2D eigenvalue weighted by Crippen LogP contribution is 2.21. The molecule has 0 aliphatic heterocycles. The fourth-order valence-electron chi connectivity index (χ4n) is 2.32. The summed E-state index contributed by atoms with van der Waals surface area (Å²) in [6.45, 7) is -0.162. The number of nitrogens with zero attached hydrogens (tertiary/aromatic N) is 1. The van der Waals surface area contributed by atoms with Crippen molar-refractivity contribution in [2.24, 2.45) is 5.10 Å². The molecule has 0 spiro atoms. The highest BCUT2D eigenvalue weighted by Gasteiger charge is 2.02. The molecule has 130 valence electrons. The van der Waals surface area contributed by atoms with E-state index in [4.69, 9.17) is 4.74 Å². The van der Waals surface area contributed by atoms with Crippen molar-refractivity contribution >= 4 is 12.1 Å². The molecule has 0 saturated heterocycles. The van der Waals surface area contributed by atoms with E-state index < -0.39 is 5.91 Å². The number of carbonyl (C=O) groups is 1. The Morgan fingerprint density at radius 2 is 1.69 bits per heavy atom. The second-order valence-corrected chi connectivity index (χ2v) is 5.53. The minimum atomic E-state index is -0.398. The third-order valence-electron chi connectivity index (χ3n) is 3.58. The van der Waals surface area contributed by atoms with Crippen LogP contribution in [0.3, 0.4) is 0 Å². The van der Waals surface area contributed by atoms with E-state index in [0.29, 0.717) is 11.3 Å². The molecule has 0 fully saturated rings. The molecule has 0 aliphatic carbocycles. The van der Waals surface area contributed by atoms with E-state index in [2.05, 4.69) is 10.5 Å². The highest BCUT2D eigenvalue weighted by atomic mass is 19.1. The third-order valence-corrected chi connectivity index (χ3v) is 3.58. The van der Waals surface area contributed by atoms with Gasteiger partial charge >= 0.3 is 0 Å². The number of ether oxygens (including phenoxy) is 1. The van der Waals surface area contributed by atoms with Crippen LogP contribution in [0.4, 0.5) is 4.39 Å². The lowest BCUT2D eigenvalue weighted by molar-refractivity contribution is -0.123. The minimum absolute atomic E-state index is 0.162. The summed E-state index contributed by atoms with van der Waals surface area (Å²) in [6, 6.07) is 23.4. The van der Waals surface area contributed by atoms with Crippen molar-refractivity contribution in [1.29, 1.82) is 0 Å². The third kappa shape index (κ3) is 5.01. The quantitative estimate of drug-likeness (QED) is 0.540. The molecule has 3 aromatic carbocycles. The standard InChI is InChI=1S/C21H17FN2O2/c22-19-8-4-5-16(13-19)14-23-24-21(25)15-26-20-11-9-18(10-12-20)17-6-2-1-3-7-17/h1-14H,15H2,(H,24,25)/b23-14-. The molecule has 5 heteroatoms. The number of nitrogens with one attached hydrogen (secondary N) is 1. The molecule has 4 nitrogen and oxygen atoms in total. The minimum Gasteiger partial charge on any atom is -0.484 e. The predicted octanol–water partition coefficient (Wildman–Crippen LogP) is 4.02. The molecular formula is C21H17FN2O2. The molecule has 0 radical (unpaired) electrons. The van der Waals surface area contributed by atoms with Gasteiger partial charge in [0, 0.05) is 0 Å². The monoisotopic (exact) mass is 348 g/mol. The number of halogens is 1. The van der Waals surface area contributed by atoms with E-state index >= 15 is 0 Å². The molecule has 0 atom stereocenters. The van der Waals surface area contributed by atoms with Crippen molar-refractivity contribution in [2.45, 2.75) is 0 Å². The molecule has 1 amide bonds. The van der Waals surface area contributed by atoms with Gasteiger partial charge in [0.15, 0.2) is 6.61 Å². The van der Waals surface area contributed by atoms with Crippen LogP contribution < -0.4 is 10.2 Å². The largest absolute Gasteiger partial charge is 0.484 e. The van der Waals surface area contributed by atoms with Gasteiger partial charge in [-0.15, -0.1) is 0 Å². The number of benzene rings is 3. The lowest BCUT2D eigenvalue weighted by atomic mass is 10.1. The first-order valence-corrected chi connectivity index (χ1v) is 8.06. The van der Waals surface area contributed by atoms with E-state index in [1.54, 1.807) is 12.1 Å². The molecule has 0 saturated carbocycles. The Balaban J connectivity index is 1.48. The average molecular weight is 348 g/mol. The summed E-state index contributed by atoms with van der Waals surface area (Å²) in [6.07, 6.45) is 1.37. The van der Waals surface area contributed by atoms with E-state index in [-0.39, 0.29) is 12.4 Å². The first kappa shape index (κ1) is 17.4. The summed E-state index contributed by atoms with van der Waals surface area (Å²) < 4.78 is 18.5. The Bertz CT molecular complexity index is 893. The molecular weight excluding hydrogens is 331 g/mol. The number of hydrogen-bond acceptors (Lipinski definition) is 3. The zero-order valence-corrected chi connectivity index (χ0v) is 13.9. The van der Waals surface area contributed by atoms with E-state index in [0.717, 1.165) is 11.1 Å². The van der Waals surface area contributed by atoms with Crippen LogP contribution in [0.1, 0.15) is 5.56 Å². The Morgan fingerprint density at radius 1 is 0.962 bits per heavy atom. The maximum atomic E-state index is 13.0. The number of hydrazone groups is 1. The maximum Gasteiger partial charge on any atom is 0.277 e. The normalized spacial score (nSPS) is 10.7. The van der Waals surface area contributed by atoms with Crippen LogP contribution in [0.5, 0.6) is 5.75 Å². The molecule has 0 unspecified atom stereocenters. The Hall–Kier alpha value is -3.47. The number of amides is 1. The summed E-state index contributed by atoms with van der Waals surface area (Å²) in [7, 11) is 0. The molecule has 0 aromatic heterocycles. The summed E-state index contributed by atoms with van der Waals surface area (Å²) in [5.74, 6) is -0.165. The number of carbonyl (C=O) groups excluding carboxylic acids is 1. The maximum absolute atomic E-state index is 13.0. The zero-order chi connectivity index (χ0) is 18.2. The van der Waals surface area contributed by atoms with Crippen molar-refractivity contribution in [2.75, 3.05) is 6.61 Å². The summed E-state index contributed by atoms with van der Waals surface area (Å²) in [5, 5.41) is 3.78. The Kier molecular flexibility index (Phi) is 5.72. The first-order valence-electron chi connectivity index (χ1n) is 8.06. The van der Waals surface area contributed by atoms with Crippen molar-refractivity contribution in [3.8, 4) is 16.9 Å². The van der Waals surface area contributed by atoms with Crippen molar-refractivity contribution < 1.29 is 13.9 Å². The Labute approximate surface area is 150 Å². The second kappa shape index (κ2) is 8.58. The summed E-state index contributed by atoms with van der Waals surface area (Å²) in [4.78, 5) is 11.7. The van der Waals surface area contributed by atoms with Gasteiger partial charge in [-0.3, -0.25) is 4.79 Å². The van der Waals surface area contributed by atoms with Crippen molar-refractivity contribution in [3.05, 3.63) is 90.2 Å². The van der Waals surface area contributed by atoms with Gasteiger partial charge in [-0.2, -0.15) is 5.10 Å². The SMILES string of the molecule is O=C(COc1ccc(-c2ccccc2)cc1)N/N=C\c1cccc(F)c1. The molecule has 3 rings (SSSR count). The summed E-state index contributed by atoms with van der Waals surface area (Å²) in [5.41, 5.74) is 5.08. The molecule has 0 bridgehead atoms. The topological polar surface area (TPSA) is 50.7 Å². The van der Waals surface area contributed by atoms with Gasteiger partial charge in [0.25, 0.3) is 5.91 Å². The van der Waals surface area contributed by atoms with Crippen LogP contribution in [-0.2, 0) is 4.79 Å². The van der Waals surface area contributed by atoms with E-state index in [9.17, 15) is 9.18 Å². The van der Waals surface area contributed by atoms with Gasteiger partial charge in [0.05, 0.1) is 6.21 Å². The summed E-state index contributed by atoms with van der Waals surface area (Å²) >= 11 is 0. The van der Waals surface area contributed by atoms with Gasteiger partial charge in [-0.05, 0) is 41.0 Å². The van der Waals surface area contributed by atoms with E-state index in [1.165, 1.54) is 18.3 Å². The zero-order valence-electron chi connectivity index (χ0n) is 13.9. The average Bonchev–Trinajstić information content (AvgIpc) is 2.68. The van der Waals surface area contributed by atoms with Crippen LogP contribution in [0.15, 0.2) is 84.0 Å². The van der Waals surface area contributed by atoms with Gasteiger partial charge in [0.1, 0.15) is 11.6 Å². The first-order chi connectivity index (χ1) is 12.7.